The molecule has 0 spiro atoms. The molecule has 1 aliphatic heterocycles. The van der Waals surface area contributed by atoms with Crippen LogP contribution in [-0.2, 0) is 11.3 Å². The van der Waals surface area contributed by atoms with Gasteiger partial charge in [0.05, 0.1) is 19.0 Å². The summed E-state index contributed by atoms with van der Waals surface area (Å²) in [5, 5.41) is 12.8. The van der Waals surface area contributed by atoms with Gasteiger partial charge in [0.2, 0.25) is 5.82 Å². The monoisotopic (exact) mass is 532 g/mol. The SMILES string of the molecule is C=C/C=C(\C=C/C)c1nc(C[NH+]2CCC(CC)CC2)no1.CC(C(=O)O)c1ccccc1.CCC.CCl. The first-order valence-corrected chi connectivity index (χ1v) is 13.9. The molecule has 1 atom stereocenters. The molecular weight excluding hydrogens is 486 g/mol. The minimum Gasteiger partial charge on any atom is -0.481 e. The molecule has 0 saturated carbocycles. The number of aliphatic carboxylic acids is 1. The van der Waals surface area contributed by atoms with Crippen molar-refractivity contribution in [3.8, 4) is 0 Å². The lowest BCUT2D eigenvalue weighted by Crippen LogP contribution is -3.11. The van der Waals surface area contributed by atoms with Gasteiger partial charge in [0.15, 0.2) is 0 Å². The summed E-state index contributed by atoms with van der Waals surface area (Å²) in [5.41, 5.74) is 1.76. The average molecular weight is 533 g/mol. The Morgan fingerprint density at radius 1 is 1.22 bits per heavy atom. The standard InChI is InChI=1S/C17H25N3O.C9H10O2.C3H8.CH3Cl/c1-4-7-15(8-5-2)17-18-16(19-21-17)13-20-11-9-14(6-3)10-12-20;1-7(9(10)11)8-5-3-2-4-6-8;1-3-2;1-2/h4-5,7-8,14H,1,6,9-13H2,2-3H3;2-7H,1H3,(H,10,11);3H2,1-2H3;1H3/p+1/b8-5-,15-7+;;;. The fourth-order valence-corrected chi connectivity index (χ4v) is 3.73. The number of rotatable bonds is 8. The van der Waals surface area contributed by atoms with Crippen LogP contribution in [-0.4, -0.2) is 40.7 Å². The van der Waals surface area contributed by atoms with Gasteiger partial charge in [0.25, 0.3) is 5.89 Å². The van der Waals surface area contributed by atoms with Crippen LogP contribution in [0.1, 0.15) is 83.5 Å². The molecule has 37 heavy (non-hydrogen) atoms. The maximum Gasteiger partial charge on any atom is 0.310 e. The molecule has 206 valence electrons. The number of hydrogen-bond donors (Lipinski definition) is 2. The number of benzene rings is 1. The van der Waals surface area contributed by atoms with Crippen molar-refractivity contribution >= 4 is 23.1 Å². The lowest BCUT2D eigenvalue weighted by atomic mass is 9.94. The highest BCUT2D eigenvalue weighted by Gasteiger charge is 2.22. The van der Waals surface area contributed by atoms with Crippen LogP contribution in [0.2, 0.25) is 0 Å². The largest absolute Gasteiger partial charge is 0.481 e. The first-order chi connectivity index (χ1) is 17.9. The third-order valence-corrected chi connectivity index (χ3v) is 5.83. The highest BCUT2D eigenvalue weighted by atomic mass is 35.5. The van der Waals surface area contributed by atoms with E-state index in [1.54, 1.807) is 17.9 Å². The Labute approximate surface area is 229 Å². The van der Waals surface area contributed by atoms with Crippen LogP contribution in [0.3, 0.4) is 0 Å². The van der Waals surface area contributed by atoms with E-state index >= 15 is 0 Å². The molecule has 2 N–H and O–H groups in total. The number of hydrogen-bond acceptors (Lipinski definition) is 4. The van der Waals surface area contributed by atoms with Crippen molar-refractivity contribution in [1.82, 2.24) is 10.1 Å². The van der Waals surface area contributed by atoms with Crippen molar-refractivity contribution < 1.29 is 19.3 Å². The Morgan fingerprint density at radius 2 is 1.81 bits per heavy atom. The first-order valence-electron chi connectivity index (χ1n) is 13.2. The summed E-state index contributed by atoms with van der Waals surface area (Å²) in [6.45, 7) is 17.2. The number of piperidine rings is 1. The van der Waals surface area contributed by atoms with E-state index < -0.39 is 11.9 Å². The van der Waals surface area contributed by atoms with E-state index in [0.717, 1.165) is 29.4 Å². The second kappa shape index (κ2) is 21.4. The van der Waals surface area contributed by atoms with E-state index in [9.17, 15) is 4.79 Å². The lowest BCUT2D eigenvalue weighted by Gasteiger charge is -2.27. The van der Waals surface area contributed by atoms with E-state index in [0.29, 0.717) is 5.89 Å². The van der Waals surface area contributed by atoms with Gasteiger partial charge in [-0.25, -0.2) is 0 Å². The molecule has 1 aromatic heterocycles. The van der Waals surface area contributed by atoms with Crippen LogP contribution >= 0.6 is 11.6 Å². The molecule has 0 radical (unpaired) electrons. The fraction of sp³-hybridized carbons (Fsp3) is 0.500. The predicted octanol–water partition coefficient (Wildman–Crippen LogP) is 6.57. The van der Waals surface area contributed by atoms with Crippen LogP contribution in [0.4, 0.5) is 0 Å². The number of nitrogens with zero attached hydrogens (tertiary/aromatic N) is 2. The number of carboxylic acids is 1. The van der Waals surface area contributed by atoms with Gasteiger partial charge in [-0.3, -0.25) is 4.79 Å². The Kier molecular flexibility index (Phi) is 19.8. The van der Waals surface area contributed by atoms with Crippen LogP contribution < -0.4 is 4.90 Å². The maximum atomic E-state index is 10.5. The second-order valence-electron chi connectivity index (χ2n) is 8.83. The number of carbonyl (C=O) groups is 1. The summed E-state index contributed by atoms with van der Waals surface area (Å²) in [5.74, 6) is 1.10. The van der Waals surface area contributed by atoms with Crippen molar-refractivity contribution in [1.29, 1.82) is 0 Å². The maximum absolute atomic E-state index is 10.5. The molecule has 1 aromatic carbocycles. The topological polar surface area (TPSA) is 80.7 Å². The van der Waals surface area contributed by atoms with E-state index in [1.807, 2.05) is 55.5 Å². The normalized spacial score (nSPS) is 17.8. The second-order valence-corrected chi connectivity index (χ2v) is 8.83. The predicted molar refractivity (Wildman–Crippen MR) is 155 cm³/mol. The Bertz CT molecular complexity index is 917. The molecule has 0 aliphatic carbocycles. The Hall–Kier alpha value is -2.70. The van der Waals surface area contributed by atoms with Crippen LogP contribution in [0.15, 0.2) is 65.7 Å². The number of allylic oxidation sites excluding steroid dienone is 5. The van der Waals surface area contributed by atoms with Crippen molar-refractivity contribution in [3.05, 3.63) is 78.5 Å². The minimum absolute atomic E-state index is 0.406. The minimum atomic E-state index is -0.781. The molecule has 1 fully saturated rings. The van der Waals surface area contributed by atoms with E-state index in [1.165, 1.54) is 45.2 Å². The quantitative estimate of drug-likeness (QED) is 0.297. The molecule has 0 bridgehead atoms. The van der Waals surface area contributed by atoms with Crippen LogP contribution in [0, 0.1) is 5.92 Å². The van der Waals surface area contributed by atoms with Gasteiger partial charge < -0.3 is 14.5 Å². The Balaban J connectivity index is 0.000000679. The van der Waals surface area contributed by atoms with Gasteiger partial charge in [-0.1, -0.05) is 100.0 Å². The number of nitrogens with one attached hydrogen (secondary N) is 1. The summed E-state index contributed by atoms with van der Waals surface area (Å²) in [6, 6.07) is 9.19. The number of aromatic nitrogens is 2. The molecule has 1 saturated heterocycles. The summed E-state index contributed by atoms with van der Waals surface area (Å²) in [7, 11) is 0. The number of carboxylic acid groups (broad SMARTS) is 1. The zero-order valence-corrected chi connectivity index (χ0v) is 24.3. The molecular formula is C30H47ClN3O3+. The van der Waals surface area contributed by atoms with Crippen molar-refractivity contribution in [2.24, 2.45) is 5.92 Å². The summed E-state index contributed by atoms with van der Waals surface area (Å²) >= 11 is 4.64. The molecule has 6 nitrogen and oxygen atoms in total. The third-order valence-electron chi connectivity index (χ3n) is 5.83. The van der Waals surface area contributed by atoms with E-state index in [-0.39, 0.29) is 0 Å². The van der Waals surface area contributed by atoms with Gasteiger partial charge in [-0.2, -0.15) is 4.98 Å². The molecule has 2 heterocycles. The lowest BCUT2D eigenvalue weighted by molar-refractivity contribution is -0.920. The molecule has 0 amide bonds. The third kappa shape index (κ3) is 14.0. The highest BCUT2D eigenvalue weighted by Crippen LogP contribution is 2.15. The summed E-state index contributed by atoms with van der Waals surface area (Å²) in [6.07, 6.45) is 14.2. The number of alkyl halides is 1. The zero-order chi connectivity index (χ0) is 28.1. The highest BCUT2D eigenvalue weighted by molar-refractivity contribution is 6.15. The van der Waals surface area contributed by atoms with Crippen molar-refractivity contribution in [3.63, 3.8) is 0 Å². The number of halogens is 1. The van der Waals surface area contributed by atoms with Crippen molar-refractivity contribution in [2.45, 2.75) is 72.8 Å². The molecule has 1 unspecified atom stereocenters. The van der Waals surface area contributed by atoms with E-state index in [2.05, 4.69) is 49.1 Å². The summed E-state index contributed by atoms with van der Waals surface area (Å²) in [4.78, 5) is 16.6. The number of likely N-dealkylation sites (tertiary alicyclic amines) is 1. The van der Waals surface area contributed by atoms with Crippen molar-refractivity contribution in [2.75, 3.05) is 19.5 Å². The smallest absolute Gasteiger partial charge is 0.310 e. The molecule has 7 heteroatoms. The summed E-state index contributed by atoms with van der Waals surface area (Å²) < 4.78 is 5.37. The van der Waals surface area contributed by atoms with Gasteiger partial charge in [0, 0.05) is 12.0 Å². The van der Waals surface area contributed by atoms with Crippen LogP contribution in [0.5, 0.6) is 0 Å². The first kappa shape index (κ1) is 34.3. The van der Waals surface area contributed by atoms with Gasteiger partial charge >= 0.3 is 5.97 Å². The van der Waals surface area contributed by atoms with Gasteiger partial charge in [0.1, 0.15) is 6.54 Å². The van der Waals surface area contributed by atoms with Gasteiger partial charge in [-0.05, 0) is 38.2 Å². The molecule has 2 aromatic rings. The molecule has 1 aliphatic rings. The Morgan fingerprint density at radius 3 is 2.30 bits per heavy atom. The van der Waals surface area contributed by atoms with Gasteiger partial charge in [-0.15, -0.1) is 11.6 Å². The number of quaternary nitrogens is 1. The molecule has 3 rings (SSSR count). The zero-order valence-electron chi connectivity index (χ0n) is 23.5. The fourth-order valence-electron chi connectivity index (χ4n) is 3.73. The van der Waals surface area contributed by atoms with Crippen LogP contribution in [0.25, 0.3) is 5.57 Å². The average Bonchev–Trinajstić information content (AvgIpc) is 3.39. The van der Waals surface area contributed by atoms with E-state index in [4.69, 9.17) is 9.63 Å².